The quantitative estimate of drug-likeness (QED) is 0.473. The molecule has 2 atom stereocenters. The lowest BCUT2D eigenvalue weighted by atomic mass is 9.86. The molecule has 3 aromatic rings. The summed E-state index contributed by atoms with van der Waals surface area (Å²) in [6.45, 7) is 0. The first kappa shape index (κ1) is 17.2. The largest absolute Gasteiger partial charge is 0.313 e. The molecule has 0 spiro atoms. The van der Waals surface area contributed by atoms with Gasteiger partial charge in [0.1, 0.15) is 0 Å². The molecule has 0 amide bonds. The first-order valence-electron chi connectivity index (χ1n) is 9.53. The van der Waals surface area contributed by atoms with Crippen molar-refractivity contribution in [3.05, 3.63) is 132 Å². The molecule has 135 valence electrons. The number of fused-ring (bicyclic) bond motifs is 1. The lowest BCUT2D eigenvalue weighted by Gasteiger charge is -2.25. The highest BCUT2D eigenvalue weighted by molar-refractivity contribution is 7.85. The van der Waals surface area contributed by atoms with E-state index in [0.717, 1.165) is 33.0 Å². The van der Waals surface area contributed by atoms with Crippen LogP contribution in [0.25, 0.3) is 10.9 Å². The number of rotatable bonds is 3. The molecule has 2 aliphatic rings. The van der Waals surface area contributed by atoms with Gasteiger partial charge in [-0.2, -0.15) is 0 Å². The SMILES string of the molecule is O=[P@@]1(c2ccccc2)[C]2C=CC=C[C@@H]2C(c2ccccc2)=C1c1ccccc1. The van der Waals surface area contributed by atoms with Crippen LogP contribution in [0, 0.1) is 11.6 Å². The third kappa shape index (κ3) is 2.58. The number of hydrogen-bond donors (Lipinski definition) is 0. The van der Waals surface area contributed by atoms with Crippen molar-refractivity contribution in [3.8, 4) is 0 Å². The lowest BCUT2D eigenvalue weighted by Crippen LogP contribution is -2.12. The van der Waals surface area contributed by atoms with E-state index in [1.807, 2.05) is 60.7 Å². The highest BCUT2D eigenvalue weighted by Gasteiger charge is 2.51. The molecule has 0 saturated carbocycles. The summed E-state index contributed by atoms with van der Waals surface area (Å²) < 4.78 is 14.9. The van der Waals surface area contributed by atoms with Crippen LogP contribution < -0.4 is 5.30 Å². The molecule has 1 radical (unpaired) electrons. The Kier molecular flexibility index (Phi) is 4.26. The van der Waals surface area contributed by atoms with E-state index in [0.29, 0.717) is 0 Å². The summed E-state index contributed by atoms with van der Waals surface area (Å²) in [5.41, 5.74) is 4.35. The van der Waals surface area contributed by atoms with Crippen LogP contribution in [0.15, 0.2) is 115 Å². The van der Waals surface area contributed by atoms with Crippen LogP contribution in [0.1, 0.15) is 11.1 Å². The van der Waals surface area contributed by atoms with Crippen molar-refractivity contribution in [2.24, 2.45) is 5.92 Å². The molecule has 28 heavy (non-hydrogen) atoms. The zero-order valence-corrected chi connectivity index (χ0v) is 16.3. The standard InChI is InChI=1S/C26H20OP/c27-28(22-16-8-3-9-17-22)24-19-11-10-18-23(24)25(20-12-4-1-5-13-20)26(28)21-14-6-2-7-15-21/h1-19,23H/t23-,28-/m0/s1. The van der Waals surface area contributed by atoms with Crippen LogP contribution in [0.3, 0.4) is 0 Å². The van der Waals surface area contributed by atoms with Crippen molar-refractivity contribution >= 4 is 23.3 Å². The van der Waals surface area contributed by atoms with Crippen molar-refractivity contribution in [2.45, 2.75) is 0 Å². The van der Waals surface area contributed by atoms with Crippen molar-refractivity contribution in [1.29, 1.82) is 0 Å². The van der Waals surface area contributed by atoms with Crippen LogP contribution in [-0.4, -0.2) is 0 Å². The van der Waals surface area contributed by atoms with Gasteiger partial charge in [0.05, 0.1) is 5.66 Å². The van der Waals surface area contributed by atoms with E-state index in [4.69, 9.17) is 0 Å². The van der Waals surface area contributed by atoms with Gasteiger partial charge in [-0.05, 0) is 16.7 Å². The summed E-state index contributed by atoms with van der Waals surface area (Å²) in [5.74, 6) is 0.0358. The van der Waals surface area contributed by atoms with Crippen molar-refractivity contribution in [3.63, 3.8) is 0 Å². The maximum atomic E-state index is 14.9. The molecule has 2 heteroatoms. The average molecular weight is 379 g/mol. The molecular formula is C26H20OP. The predicted molar refractivity (Wildman–Crippen MR) is 118 cm³/mol. The second-order valence-corrected chi connectivity index (χ2v) is 9.78. The maximum absolute atomic E-state index is 14.9. The molecule has 0 N–H and O–H groups in total. The third-order valence-corrected chi connectivity index (χ3v) is 8.81. The Morgan fingerprint density at radius 2 is 1.21 bits per heavy atom. The molecule has 3 aromatic carbocycles. The van der Waals surface area contributed by atoms with Crippen LogP contribution >= 0.6 is 7.14 Å². The molecule has 1 heterocycles. The Bertz CT molecular complexity index is 1120. The molecule has 1 nitrogen and oxygen atoms in total. The molecule has 1 aliphatic carbocycles. The predicted octanol–water partition coefficient (Wildman–Crippen LogP) is 6.53. The smallest absolute Gasteiger partial charge is 0.155 e. The van der Waals surface area contributed by atoms with Gasteiger partial charge in [-0.15, -0.1) is 0 Å². The zero-order valence-electron chi connectivity index (χ0n) is 15.4. The fraction of sp³-hybridized carbons (Fsp3) is 0.0385. The Labute approximate surface area is 166 Å². The summed E-state index contributed by atoms with van der Waals surface area (Å²) in [5, 5.41) is 1.88. The van der Waals surface area contributed by atoms with E-state index < -0.39 is 7.14 Å². The Morgan fingerprint density at radius 3 is 1.86 bits per heavy atom. The minimum Gasteiger partial charge on any atom is -0.313 e. The van der Waals surface area contributed by atoms with E-state index in [2.05, 4.69) is 54.6 Å². The van der Waals surface area contributed by atoms with Gasteiger partial charge in [0.2, 0.25) is 0 Å². The normalized spacial score (nSPS) is 23.8. The van der Waals surface area contributed by atoms with E-state index >= 15 is 0 Å². The molecule has 0 aromatic heterocycles. The topological polar surface area (TPSA) is 17.1 Å². The average Bonchev–Trinajstić information content (AvgIpc) is 3.06. The van der Waals surface area contributed by atoms with Gasteiger partial charge in [-0.25, -0.2) is 0 Å². The molecule has 1 aliphatic heterocycles. The minimum atomic E-state index is -2.95. The van der Waals surface area contributed by atoms with Gasteiger partial charge in [-0.1, -0.05) is 115 Å². The summed E-state index contributed by atoms with van der Waals surface area (Å²) >= 11 is 0. The van der Waals surface area contributed by atoms with Gasteiger partial charge in [0.25, 0.3) is 0 Å². The third-order valence-electron chi connectivity index (χ3n) is 5.50. The lowest BCUT2D eigenvalue weighted by molar-refractivity contribution is 0.588. The maximum Gasteiger partial charge on any atom is 0.155 e. The van der Waals surface area contributed by atoms with Gasteiger partial charge in [-0.3, -0.25) is 0 Å². The van der Waals surface area contributed by atoms with Crippen LogP contribution in [-0.2, 0) is 4.57 Å². The second kappa shape index (κ2) is 6.93. The Balaban J connectivity index is 1.88. The van der Waals surface area contributed by atoms with E-state index in [1.165, 1.54) is 0 Å². The van der Waals surface area contributed by atoms with Crippen molar-refractivity contribution in [2.75, 3.05) is 0 Å². The van der Waals surface area contributed by atoms with Gasteiger partial charge < -0.3 is 4.57 Å². The molecule has 0 saturated heterocycles. The van der Waals surface area contributed by atoms with E-state index in [9.17, 15) is 4.57 Å². The van der Waals surface area contributed by atoms with Gasteiger partial charge >= 0.3 is 0 Å². The Hall–Kier alpha value is -2.89. The summed E-state index contributed by atoms with van der Waals surface area (Å²) in [6.07, 6.45) is 8.33. The fourth-order valence-corrected chi connectivity index (χ4v) is 7.74. The van der Waals surface area contributed by atoms with Gasteiger partial charge in [0, 0.05) is 16.5 Å². The second-order valence-electron chi connectivity index (χ2n) is 7.09. The van der Waals surface area contributed by atoms with Gasteiger partial charge in [0.15, 0.2) is 7.14 Å². The summed E-state index contributed by atoms with van der Waals surface area (Å²) in [6, 6.07) is 30.6. The number of hydrogen-bond acceptors (Lipinski definition) is 1. The first-order chi connectivity index (χ1) is 13.8. The van der Waals surface area contributed by atoms with Crippen molar-refractivity contribution < 1.29 is 4.57 Å². The molecule has 0 unspecified atom stereocenters. The number of allylic oxidation sites excluding steroid dienone is 5. The molecule has 0 fully saturated rings. The van der Waals surface area contributed by atoms with E-state index in [1.54, 1.807) is 0 Å². The molecule has 0 bridgehead atoms. The van der Waals surface area contributed by atoms with Crippen LogP contribution in [0.4, 0.5) is 0 Å². The highest BCUT2D eigenvalue weighted by Crippen LogP contribution is 2.76. The van der Waals surface area contributed by atoms with Crippen molar-refractivity contribution in [1.82, 2.24) is 0 Å². The highest BCUT2D eigenvalue weighted by atomic mass is 31.2. The zero-order chi connectivity index (χ0) is 19.0. The summed E-state index contributed by atoms with van der Waals surface area (Å²) in [7, 11) is -2.95. The Morgan fingerprint density at radius 1 is 0.643 bits per heavy atom. The minimum absolute atomic E-state index is 0.0358. The van der Waals surface area contributed by atoms with Crippen LogP contribution in [0.5, 0.6) is 0 Å². The van der Waals surface area contributed by atoms with E-state index in [-0.39, 0.29) is 5.92 Å². The molecular weight excluding hydrogens is 359 g/mol. The summed E-state index contributed by atoms with van der Waals surface area (Å²) in [4.78, 5) is 0. The fourth-order valence-electron chi connectivity index (χ4n) is 4.31. The number of benzene rings is 3. The first-order valence-corrected chi connectivity index (χ1v) is 11.2. The monoisotopic (exact) mass is 379 g/mol. The van der Waals surface area contributed by atoms with Crippen LogP contribution in [0.2, 0.25) is 0 Å². The molecule has 5 rings (SSSR count).